The van der Waals surface area contributed by atoms with Gasteiger partial charge in [-0.25, -0.2) is 4.98 Å². The van der Waals surface area contributed by atoms with Crippen molar-refractivity contribution in [1.29, 1.82) is 0 Å². The number of rotatable bonds is 5. The van der Waals surface area contributed by atoms with Gasteiger partial charge in [-0.2, -0.15) is 0 Å². The number of hydrogen-bond donors (Lipinski definition) is 1. The Kier molecular flexibility index (Phi) is 4.99. The van der Waals surface area contributed by atoms with Crippen LogP contribution in [0.25, 0.3) is 0 Å². The Morgan fingerprint density at radius 1 is 1.17 bits per heavy atom. The van der Waals surface area contributed by atoms with E-state index in [1.807, 2.05) is 18.7 Å². The lowest BCUT2D eigenvalue weighted by Crippen LogP contribution is -2.39. The van der Waals surface area contributed by atoms with Gasteiger partial charge in [-0.15, -0.1) is 11.3 Å². The van der Waals surface area contributed by atoms with Crippen LogP contribution in [0.15, 0.2) is 0 Å². The van der Waals surface area contributed by atoms with Gasteiger partial charge in [0.25, 0.3) is 5.91 Å². The highest BCUT2D eigenvalue weighted by Crippen LogP contribution is 2.28. The molecule has 0 atom stereocenters. The van der Waals surface area contributed by atoms with Crippen molar-refractivity contribution in [3.8, 4) is 0 Å². The fourth-order valence-corrected chi connectivity index (χ4v) is 4.02. The second-order valence-corrected chi connectivity index (χ2v) is 8.04. The lowest BCUT2D eigenvalue weighted by atomic mass is 9.93. The first-order valence-electron chi connectivity index (χ1n) is 8.53. The van der Waals surface area contributed by atoms with Crippen LogP contribution in [-0.2, 0) is 4.79 Å². The zero-order chi connectivity index (χ0) is 16.4. The average molecular weight is 335 g/mol. The van der Waals surface area contributed by atoms with Crippen molar-refractivity contribution < 1.29 is 9.59 Å². The number of aromatic nitrogens is 1. The quantitative estimate of drug-likeness (QED) is 0.899. The van der Waals surface area contributed by atoms with Crippen LogP contribution in [0.1, 0.15) is 52.5 Å². The standard InChI is InChI=1S/C17H25N3O2S/c1-11-16(23-12(2)19-11)17(22)20-7-5-13(6-8-20)9-15(21)18-10-14-3-4-14/h13-14H,3-10H2,1-2H3,(H,18,21). The van der Waals surface area contributed by atoms with E-state index in [1.165, 1.54) is 24.2 Å². The smallest absolute Gasteiger partial charge is 0.265 e. The Balaban J connectivity index is 1.45. The summed E-state index contributed by atoms with van der Waals surface area (Å²) in [7, 11) is 0. The van der Waals surface area contributed by atoms with Crippen LogP contribution < -0.4 is 5.32 Å². The molecule has 0 spiro atoms. The van der Waals surface area contributed by atoms with Gasteiger partial charge in [0.15, 0.2) is 0 Å². The third-order valence-corrected chi connectivity index (χ3v) is 5.82. The van der Waals surface area contributed by atoms with E-state index in [4.69, 9.17) is 0 Å². The van der Waals surface area contributed by atoms with Crippen LogP contribution in [0.2, 0.25) is 0 Å². The van der Waals surface area contributed by atoms with E-state index < -0.39 is 0 Å². The van der Waals surface area contributed by atoms with E-state index in [-0.39, 0.29) is 11.8 Å². The van der Waals surface area contributed by atoms with E-state index in [1.54, 1.807) is 0 Å². The first-order chi connectivity index (χ1) is 11.0. The molecular formula is C17H25N3O2S. The minimum Gasteiger partial charge on any atom is -0.356 e. The Labute approximate surface area is 141 Å². The van der Waals surface area contributed by atoms with Gasteiger partial charge in [0.05, 0.1) is 10.7 Å². The van der Waals surface area contributed by atoms with Crippen molar-refractivity contribution in [3.05, 3.63) is 15.6 Å². The zero-order valence-electron chi connectivity index (χ0n) is 13.9. The molecule has 1 aromatic rings. The highest BCUT2D eigenvalue weighted by Gasteiger charge is 2.27. The average Bonchev–Trinajstić information content (AvgIpc) is 3.29. The summed E-state index contributed by atoms with van der Waals surface area (Å²) in [4.78, 5) is 31.5. The molecule has 2 heterocycles. The van der Waals surface area contributed by atoms with Crippen molar-refractivity contribution in [2.24, 2.45) is 11.8 Å². The largest absolute Gasteiger partial charge is 0.356 e. The van der Waals surface area contributed by atoms with E-state index in [9.17, 15) is 9.59 Å². The van der Waals surface area contributed by atoms with Crippen molar-refractivity contribution in [1.82, 2.24) is 15.2 Å². The van der Waals surface area contributed by atoms with E-state index in [0.717, 1.165) is 54.0 Å². The van der Waals surface area contributed by atoms with E-state index in [2.05, 4.69) is 10.3 Å². The molecule has 1 N–H and O–H groups in total. The molecule has 0 unspecified atom stereocenters. The summed E-state index contributed by atoms with van der Waals surface area (Å²) >= 11 is 1.48. The van der Waals surface area contributed by atoms with Crippen molar-refractivity contribution in [2.75, 3.05) is 19.6 Å². The first kappa shape index (κ1) is 16.4. The topological polar surface area (TPSA) is 62.3 Å². The van der Waals surface area contributed by atoms with Gasteiger partial charge in [0.2, 0.25) is 5.91 Å². The van der Waals surface area contributed by atoms with Crippen molar-refractivity contribution in [3.63, 3.8) is 0 Å². The summed E-state index contributed by atoms with van der Waals surface area (Å²) < 4.78 is 0. The molecular weight excluding hydrogens is 310 g/mol. The molecule has 5 nitrogen and oxygen atoms in total. The van der Waals surface area contributed by atoms with Crippen molar-refractivity contribution in [2.45, 2.75) is 46.0 Å². The predicted octanol–water partition coefficient (Wildman–Crippen LogP) is 2.53. The van der Waals surface area contributed by atoms with Crippen LogP contribution in [0.5, 0.6) is 0 Å². The number of nitrogens with zero attached hydrogens (tertiary/aromatic N) is 2. The monoisotopic (exact) mass is 335 g/mol. The highest BCUT2D eigenvalue weighted by atomic mass is 32.1. The molecule has 0 bridgehead atoms. The van der Waals surface area contributed by atoms with Gasteiger partial charge in [-0.05, 0) is 51.4 Å². The van der Waals surface area contributed by atoms with Gasteiger partial charge in [0.1, 0.15) is 4.88 Å². The van der Waals surface area contributed by atoms with Gasteiger partial charge in [0, 0.05) is 26.1 Å². The Morgan fingerprint density at radius 2 is 1.87 bits per heavy atom. The minimum absolute atomic E-state index is 0.102. The predicted molar refractivity (Wildman–Crippen MR) is 90.6 cm³/mol. The van der Waals surface area contributed by atoms with Crippen molar-refractivity contribution >= 4 is 23.2 Å². The van der Waals surface area contributed by atoms with E-state index >= 15 is 0 Å². The molecule has 23 heavy (non-hydrogen) atoms. The maximum atomic E-state index is 12.6. The molecule has 1 saturated carbocycles. The second kappa shape index (κ2) is 6.99. The summed E-state index contributed by atoms with van der Waals surface area (Å²) in [6.45, 7) is 6.17. The zero-order valence-corrected chi connectivity index (χ0v) is 14.7. The Morgan fingerprint density at radius 3 is 2.43 bits per heavy atom. The number of piperidine rings is 1. The summed E-state index contributed by atoms with van der Waals surface area (Å²) in [5, 5.41) is 3.97. The van der Waals surface area contributed by atoms with Crippen LogP contribution in [-0.4, -0.2) is 41.3 Å². The molecule has 1 saturated heterocycles. The fraction of sp³-hybridized carbons (Fsp3) is 0.706. The van der Waals surface area contributed by atoms with Gasteiger partial charge >= 0.3 is 0 Å². The number of amides is 2. The number of hydrogen-bond acceptors (Lipinski definition) is 4. The normalized spacial score (nSPS) is 19.0. The maximum Gasteiger partial charge on any atom is 0.265 e. The molecule has 2 fully saturated rings. The minimum atomic E-state index is 0.102. The number of thiazole rings is 1. The molecule has 2 aliphatic rings. The van der Waals surface area contributed by atoms with Gasteiger partial charge < -0.3 is 10.2 Å². The molecule has 3 rings (SSSR count). The highest BCUT2D eigenvalue weighted by molar-refractivity contribution is 7.13. The fourth-order valence-electron chi connectivity index (χ4n) is 3.13. The summed E-state index contributed by atoms with van der Waals surface area (Å²) in [6, 6.07) is 0. The van der Waals surface area contributed by atoms with Gasteiger partial charge in [-0.3, -0.25) is 9.59 Å². The molecule has 6 heteroatoms. The number of aryl methyl sites for hydroxylation is 2. The summed E-state index contributed by atoms with van der Waals surface area (Å²) in [5.41, 5.74) is 0.832. The lowest BCUT2D eigenvalue weighted by molar-refractivity contribution is -0.122. The number of nitrogens with one attached hydrogen (secondary N) is 1. The van der Waals surface area contributed by atoms with Crippen LogP contribution in [0.3, 0.4) is 0 Å². The van der Waals surface area contributed by atoms with Gasteiger partial charge in [-0.1, -0.05) is 0 Å². The van der Waals surface area contributed by atoms with E-state index in [0.29, 0.717) is 12.3 Å². The first-order valence-corrected chi connectivity index (χ1v) is 9.34. The molecule has 2 amide bonds. The van der Waals surface area contributed by atoms with Crippen LogP contribution in [0.4, 0.5) is 0 Å². The third kappa shape index (κ3) is 4.31. The summed E-state index contributed by atoms with van der Waals surface area (Å²) in [5.74, 6) is 1.41. The van der Waals surface area contributed by atoms with Crippen LogP contribution in [0, 0.1) is 25.7 Å². The maximum absolute atomic E-state index is 12.6. The molecule has 0 aromatic carbocycles. The molecule has 1 aromatic heterocycles. The molecule has 1 aliphatic heterocycles. The number of carbonyl (C=O) groups is 2. The molecule has 126 valence electrons. The lowest BCUT2D eigenvalue weighted by Gasteiger charge is -2.31. The third-order valence-electron chi connectivity index (χ3n) is 4.76. The SMILES string of the molecule is Cc1nc(C)c(C(=O)N2CCC(CC(=O)NCC3CC3)CC2)s1. The molecule has 1 aliphatic carbocycles. The van der Waals surface area contributed by atoms with Crippen LogP contribution >= 0.6 is 11.3 Å². The Hall–Kier alpha value is -1.43. The number of carbonyl (C=O) groups excluding carboxylic acids is 2. The summed E-state index contributed by atoms with van der Waals surface area (Å²) in [6.07, 6.45) is 4.96. The Bertz CT molecular complexity index is 587. The number of likely N-dealkylation sites (tertiary alicyclic amines) is 1. The molecule has 0 radical (unpaired) electrons. The second-order valence-electron chi connectivity index (χ2n) is 6.83.